The molecule has 0 atom stereocenters. The maximum absolute atomic E-state index is 5.53. The minimum absolute atomic E-state index is 0.252. The first kappa shape index (κ1) is 17.6. The molecule has 0 amide bonds. The molecule has 0 spiro atoms. The molecule has 0 fully saturated rings. The van der Waals surface area contributed by atoms with Gasteiger partial charge in [0.15, 0.2) is 0 Å². The molecule has 0 aromatic carbocycles. The maximum atomic E-state index is 5.53. The molecule has 0 saturated carbocycles. The first-order chi connectivity index (χ1) is 9.99. The van der Waals surface area contributed by atoms with Crippen LogP contribution in [0.3, 0.4) is 0 Å². The van der Waals surface area contributed by atoms with Gasteiger partial charge in [0.05, 0.1) is 6.61 Å². The van der Waals surface area contributed by atoms with Crippen LogP contribution in [0.5, 0.6) is 0 Å². The van der Waals surface area contributed by atoms with Crippen molar-refractivity contribution in [3.8, 4) is 0 Å². The van der Waals surface area contributed by atoms with E-state index in [2.05, 4.69) is 46.5 Å². The fourth-order valence-corrected chi connectivity index (χ4v) is 1.83. The molecule has 0 bridgehead atoms. The van der Waals surface area contributed by atoms with Crippen LogP contribution in [0.4, 0.5) is 11.6 Å². The Morgan fingerprint density at radius 1 is 1.24 bits per heavy atom. The number of hydrogen-bond donors (Lipinski definition) is 3. The molecule has 120 valence electrons. The lowest BCUT2D eigenvalue weighted by Crippen LogP contribution is -2.28. The van der Waals surface area contributed by atoms with Crippen molar-refractivity contribution in [3.63, 3.8) is 0 Å². The Morgan fingerprint density at radius 2 is 1.90 bits per heavy atom. The van der Waals surface area contributed by atoms with Crippen molar-refractivity contribution in [2.75, 3.05) is 51.1 Å². The summed E-state index contributed by atoms with van der Waals surface area (Å²) in [5, 5.41) is 3.36. The van der Waals surface area contributed by atoms with Gasteiger partial charge in [-0.3, -0.25) is 0 Å². The number of anilines is 2. The number of aromatic nitrogens is 2. The molecule has 0 saturated heterocycles. The van der Waals surface area contributed by atoms with Gasteiger partial charge in [0.25, 0.3) is 0 Å². The largest absolute Gasteiger partial charge is 0.383 e. The highest BCUT2D eigenvalue weighted by Gasteiger charge is 2.12. The molecule has 0 aliphatic rings. The zero-order chi connectivity index (χ0) is 15.8. The number of nitrogens with two attached hydrogens (primary N) is 1. The molecule has 7 heteroatoms. The molecule has 1 aromatic heterocycles. The van der Waals surface area contributed by atoms with Crippen LogP contribution < -0.4 is 16.6 Å². The van der Waals surface area contributed by atoms with E-state index in [0.29, 0.717) is 5.82 Å². The number of nitrogens with one attached hydrogen (secondary N) is 2. The SMILES string of the molecule is COCCN(C)CCNc1nc(C(C)C)nc(NN)c1C. The minimum Gasteiger partial charge on any atom is -0.383 e. The summed E-state index contributed by atoms with van der Waals surface area (Å²) in [5.41, 5.74) is 3.57. The summed E-state index contributed by atoms with van der Waals surface area (Å²) in [6, 6.07) is 0. The monoisotopic (exact) mass is 296 g/mol. The van der Waals surface area contributed by atoms with Crippen LogP contribution in [0.25, 0.3) is 0 Å². The summed E-state index contributed by atoms with van der Waals surface area (Å²) in [7, 11) is 3.78. The van der Waals surface area contributed by atoms with Gasteiger partial charge >= 0.3 is 0 Å². The molecule has 0 aliphatic carbocycles. The molecule has 0 aliphatic heterocycles. The standard InChI is InChI=1S/C14H28N6O/c1-10(2)12-17-13(11(3)14(18-12)19-15)16-6-7-20(4)8-9-21-5/h10H,6-9,15H2,1-5H3,(H2,16,17,18,19). The van der Waals surface area contributed by atoms with Gasteiger partial charge in [-0.2, -0.15) is 0 Å². The summed E-state index contributed by atoms with van der Waals surface area (Å²) in [4.78, 5) is 11.2. The first-order valence-electron chi connectivity index (χ1n) is 7.26. The molecule has 21 heavy (non-hydrogen) atoms. The molecule has 1 aromatic rings. The van der Waals surface area contributed by atoms with Gasteiger partial charge in [0, 0.05) is 38.2 Å². The smallest absolute Gasteiger partial charge is 0.148 e. The molecule has 1 heterocycles. The second kappa shape index (κ2) is 8.76. The highest BCUT2D eigenvalue weighted by molar-refractivity contribution is 5.56. The van der Waals surface area contributed by atoms with E-state index >= 15 is 0 Å². The Hall–Kier alpha value is -1.44. The summed E-state index contributed by atoms with van der Waals surface area (Å²) in [5.74, 6) is 8.07. The topological polar surface area (TPSA) is 88.3 Å². The van der Waals surface area contributed by atoms with Gasteiger partial charge in [0.2, 0.25) is 0 Å². The van der Waals surface area contributed by atoms with E-state index in [-0.39, 0.29) is 5.92 Å². The molecule has 1 rings (SSSR count). The fourth-order valence-electron chi connectivity index (χ4n) is 1.83. The molecule has 7 nitrogen and oxygen atoms in total. The third kappa shape index (κ3) is 5.45. The quantitative estimate of drug-likeness (QED) is 0.466. The second-order valence-corrected chi connectivity index (χ2v) is 5.43. The van der Waals surface area contributed by atoms with E-state index < -0.39 is 0 Å². The Labute approximate surface area is 127 Å². The van der Waals surface area contributed by atoms with Gasteiger partial charge in [-0.15, -0.1) is 0 Å². The summed E-state index contributed by atoms with van der Waals surface area (Å²) in [6.45, 7) is 9.45. The lowest BCUT2D eigenvalue weighted by Gasteiger charge is -2.18. The first-order valence-corrected chi connectivity index (χ1v) is 7.26. The highest BCUT2D eigenvalue weighted by Crippen LogP contribution is 2.22. The number of hydrazine groups is 1. The lowest BCUT2D eigenvalue weighted by atomic mass is 10.2. The van der Waals surface area contributed by atoms with Gasteiger partial charge in [-0.1, -0.05) is 13.8 Å². The zero-order valence-corrected chi connectivity index (χ0v) is 13.7. The minimum atomic E-state index is 0.252. The third-order valence-electron chi connectivity index (χ3n) is 3.28. The number of ether oxygens (including phenoxy) is 1. The highest BCUT2D eigenvalue weighted by atomic mass is 16.5. The van der Waals surface area contributed by atoms with E-state index in [9.17, 15) is 0 Å². The van der Waals surface area contributed by atoms with Crippen molar-refractivity contribution in [2.45, 2.75) is 26.7 Å². The summed E-state index contributed by atoms with van der Waals surface area (Å²) >= 11 is 0. The maximum Gasteiger partial charge on any atom is 0.148 e. The number of hydrogen-bond acceptors (Lipinski definition) is 7. The molecular formula is C14H28N6O. The van der Waals surface area contributed by atoms with Crippen LogP contribution in [0, 0.1) is 6.92 Å². The third-order valence-corrected chi connectivity index (χ3v) is 3.28. The number of likely N-dealkylation sites (N-methyl/N-ethyl adjacent to an activating group) is 1. The predicted molar refractivity (Wildman–Crippen MR) is 86.5 cm³/mol. The van der Waals surface area contributed by atoms with Gasteiger partial charge in [-0.05, 0) is 14.0 Å². The molecule has 0 radical (unpaired) electrons. The number of nitrogen functional groups attached to an aromatic ring is 1. The molecule has 0 unspecified atom stereocenters. The van der Waals surface area contributed by atoms with Gasteiger partial charge < -0.3 is 20.4 Å². The van der Waals surface area contributed by atoms with E-state index in [1.807, 2.05) is 6.92 Å². The van der Waals surface area contributed by atoms with Crippen molar-refractivity contribution < 1.29 is 4.74 Å². The van der Waals surface area contributed by atoms with E-state index in [1.165, 1.54) is 0 Å². The van der Waals surface area contributed by atoms with Crippen molar-refractivity contribution in [1.82, 2.24) is 14.9 Å². The van der Waals surface area contributed by atoms with Crippen molar-refractivity contribution in [3.05, 3.63) is 11.4 Å². The predicted octanol–water partition coefficient (Wildman–Crippen LogP) is 1.18. The summed E-state index contributed by atoms with van der Waals surface area (Å²) < 4.78 is 5.06. The Balaban J connectivity index is 2.67. The van der Waals surface area contributed by atoms with Crippen LogP contribution in [0.2, 0.25) is 0 Å². The van der Waals surface area contributed by atoms with Crippen LogP contribution >= 0.6 is 0 Å². The van der Waals surface area contributed by atoms with E-state index in [1.54, 1.807) is 7.11 Å². The van der Waals surface area contributed by atoms with Crippen molar-refractivity contribution >= 4 is 11.6 Å². The van der Waals surface area contributed by atoms with Crippen LogP contribution in [0.1, 0.15) is 31.2 Å². The van der Waals surface area contributed by atoms with E-state index in [4.69, 9.17) is 10.6 Å². The Kier molecular flexibility index (Phi) is 7.35. The van der Waals surface area contributed by atoms with Crippen LogP contribution in [-0.2, 0) is 4.74 Å². The Morgan fingerprint density at radius 3 is 2.48 bits per heavy atom. The summed E-state index contributed by atoms with van der Waals surface area (Å²) in [6.07, 6.45) is 0. The van der Waals surface area contributed by atoms with Gasteiger partial charge in [-0.25, -0.2) is 15.8 Å². The zero-order valence-electron chi connectivity index (χ0n) is 13.7. The number of rotatable bonds is 9. The lowest BCUT2D eigenvalue weighted by molar-refractivity contribution is 0.163. The number of methoxy groups -OCH3 is 1. The van der Waals surface area contributed by atoms with Crippen LogP contribution in [0.15, 0.2) is 0 Å². The number of nitrogens with zero attached hydrogens (tertiary/aromatic N) is 3. The normalized spacial score (nSPS) is 11.2. The van der Waals surface area contributed by atoms with Crippen LogP contribution in [-0.4, -0.2) is 55.3 Å². The van der Waals surface area contributed by atoms with Gasteiger partial charge in [0.1, 0.15) is 17.5 Å². The Bertz CT molecular complexity index is 438. The average molecular weight is 296 g/mol. The molecular weight excluding hydrogens is 268 g/mol. The fraction of sp³-hybridized carbons (Fsp3) is 0.714. The van der Waals surface area contributed by atoms with Crippen molar-refractivity contribution in [1.29, 1.82) is 0 Å². The average Bonchev–Trinajstić information content (AvgIpc) is 2.46. The second-order valence-electron chi connectivity index (χ2n) is 5.43. The van der Waals surface area contributed by atoms with E-state index in [0.717, 1.165) is 43.4 Å². The van der Waals surface area contributed by atoms with Crippen molar-refractivity contribution in [2.24, 2.45) is 5.84 Å². The molecule has 4 N–H and O–H groups in total.